The van der Waals surface area contributed by atoms with Crippen molar-refractivity contribution in [2.24, 2.45) is 0 Å². The Hall–Kier alpha value is -2.53. The Morgan fingerprint density at radius 1 is 0.600 bits per heavy atom. The van der Waals surface area contributed by atoms with Gasteiger partial charge in [0.05, 0.1) is 0 Å². The molecule has 1 spiro atoms. The van der Waals surface area contributed by atoms with Crippen molar-refractivity contribution in [2.45, 2.75) is 5.41 Å². The van der Waals surface area contributed by atoms with E-state index in [9.17, 15) is 0 Å². The van der Waals surface area contributed by atoms with Crippen molar-refractivity contribution in [2.75, 3.05) is 0 Å². The van der Waals surface area contributed by atoms with Crippen molar-refractivity contribution in [1.29, 1.82) is 0 Å². The van der Waals surface area contributed by atoms with E-state index in [0.29, 0.717) is 0 Å². The summed E-state index contributed by atoms with van der Waals surface area (Å²) in [6, 6.07) is 28.4. The number of hydrogen-bond donors (Lipinski definition) is 0. The first-order valence-electron chi connectivity index (χ1n) is 8.51. The highest BCUT2D eigenvalue weighted by molar-refractivity contribution is 6.30. The van der Waals surface area contributed by atoms with Crippen molar-refractivity contribution in [1.82, 2.24) is 0 Å². The van der Waals surface area contributed by atoms with Crippen LogP contribution in [0.25, 0.3) is 22.3 Å². The minimum Gasteiger partial charge on any atom is -0.485 e. The molecule has 1 heterocycles. The van der Waals surface area contributed by atoms with Gasteiger partial charge in [-0.3, -0.25) is 0 Å². The van der Waals surface area contributed by atoms with E-state index < -0.39 is 0 Å². The lowest BCUT2D eigenvalue weighted by atomic mass is 9.73. The zero-order valence-electron chi connectivity index (χ0n) is 13.5. The third-order valence-electron chi connectivity index (χ3n) is 5.67. The Morgan fingerprint density at radius 2 is 1.04 bits per heavy atom. The van der Waals surface area contributed by atoms with Gasteiger partial charge in [-0.05, 0) is 44.1 Å². The molecule has 25 heavy (non-hydrogen) atoms. The molecule has 0 saturated heterocycles. The van der Waals surface area contributed by atoms with Gasteiger partial charge in [-0.2, -0.15) is 0 Å². The van der Waals surface area contributed by atoms with Gasteiger partial charge in [-0.25, -0.2) is 0 Å². The summed E-state index contributed by atoms with van der Waals surface area (Å²) in [5.74, 6) is 1.05. The van der Waals surface area contributed by atoms with E-state index in [2.05, 4.69) is 95.2 Å². The summed E-state index contributed by atoms with van der Waals surface area (Å²) in [4.78, 5) is 0. The highest BCUT2D eigenvalue weighted by Crippen LogP contribution is 2.62. The van der Waals surface area contributed by atoms with Gasteiger partial charge in [0.1, 0.15) is 11.2 Å². The van der Waals surface area contributed by atoms with E-state index in [1.165, 1.54) is 38.9 Å². The maximum Gasteiger partial charge on any atom is 0.241 e. The molecule has 2 radical (unpaired) electrons. The fourth-order valence-corrected chi connectivity index (χ4v) is 5.11. The number of fused-ring (bicyclic) bond motifs is 10. The van der Waals surface area contributed by atoms with Crippen LogP contribution in [0, 0.1) is 0 Å². The molecule has 0 saturated carbocycles. The second-order valence-electron chi connectivity index (χ2n) is 6.78. The van der Waals surface area contributed by atoms with Crippen molar-refractivity contribution in [3.05, 3.63) is 101 Å². The van der Waals surface area contributed by atoms with Crippen molar-refractivity contribution >= 4 is 20.9 Å². The number of furan rings is 1. The molecule has 114 valence electrons. The lowest BCUT2D eigenvalue weighted by Gasteiger charge is -2.28. The first kappa shape index (κ1) is 13.7. The summed E-state index contributed by atoms with van der Waals surface area (Å²) in [6.07, 6.45) is 0. The van der Waals surface area contributed by atoms with Crippen LogP contribution in [0.15, 0.2) is 83.3 Å². The predicted octanol–water partition coefficient (Wildman–Crippen LogP) is 4.42. The molecule has 2 heteroatoms. The Bertz CT molecular complexity index is 1120. The zero-order valence-corrected chi connectivity index (χ0v) is 14.6. The van der Waals surface area contributed by atoms with Crippen molar-refractivity contribution < 1.29 is 4.42 Å². The van der Waals surface area contributed by atoms with Gasteiger partial charge in [0.2, 0.25) is 16.3 Å². The molecule has 0 fully saturated rings. The van der Waals surface area contributed by atoms with E-state index >= 15 is 0 Å². The molecule has 0 aliphatic heterocycles. The monoisotopic (exact) mass is 332 g/mol. The van der Waals surface area contributed by atoms with Crippen LogP contribution >= 0.6 is 0 Å². The second-order valence-corrected chi connectivity index (χ2v) is 7.35. The third kappa shape index (κ3) is 1.47. The van der Waals surface area contributed by atoms with Crippen LogP contribution in [-0.2, 0) is 5.41 Å². The van der Waals surface area contributed by atoms with Crippen LogP contribution < -0.4 is 4.62 Å². The largest absolute Gasteiger partial charge is 0.485 e. The van der Waals surface area contributed by atoms with E-state index in [4.69, 9.17) is 4.42 Å². The summed E-state index contributed by atoms with van der Waals surface area (Å²) in [5.41, 5.74) is 8.74. The first-order valence-corrected chi connectivity index (χ1v) is 9.08. The lowest BCUT2D eigenvalue weighted by molar-refractivity contribution is 0.497. The molecular weight excluding hydrogens is 319 g/mol. The van der Waals surface area contributed by atoms with E-state index in [0.717, 1.165) is 10.4 Å². The molecule has 0 N–H and O–H groups in total. The second kappa shape index (κ2) is 4.55. The molecule has 2 aliphatic carbocycles. The maximum atomic E-state index is 6.32. The van der Waals surface area contributed by atoms with Crippen LogP contribution in [0.1, 0.15) is 22.5 Å². The summed E-state index contributed by atoms with van der Waals surface area (Å²) in [5, 5.41) is 0. The van der Waals surface area contributed by atoms with Gasteiger partial charge in [-0.1, -0.05) is 72.8 Å². The van der Waals surface area contributed by atoms with Crippen LogP contribution in [-0.4, -0.2) is 16.3 Å². The lowest BCUT2D eigenvalue weighted by Crippen LogP contribution is -2.25. The first-order chi connectivity index (χ1) is 12.3. The van der Waals surface area contributed by atoms with Gasteiger partial charge in [0.25, 0.3) is 0 Å². The molecule has 0 bridgehead atoms. The Kier molecular flexibility index (Phi) is 2.50. The highest BCUT2D eigenvalue weighted by atomic mass is 27.0. The van der Waals surface area contributed by atoms with Gasteiger partial charge in [-0.15, -0.1) is 0 Å². The van der Waals surface area contributed by atoms with Crippen LogP contribution in [0.3, 0.4) is 0 Å². The van der Waals surface area contributed by atoms with E-state index in [1.54, 1.807) is 0 Å². The maximum absolute atomic E-state index is 6.32. The summed E-state index contributed by atoms with van der Waals surface area (Å²) in [7, 11) is 0. The Balaban J connectivity index is 1.88. The van der Waals surface area contributed by atoms with Crippen molar-refractivity contribution in [3.8, 4) is 22.3 Å². The molecule has 1 nitrogen and oxygen atoms in total. The molecular formula is C23H13AlO. The summed E-state index contributed by atoms with van der Waals surface area (Å²) in [6.45, 7) is 0. The molecule has 3 aromatic carbocycles. The fraction of sp³-hybridized carbons (Fsp3) is 0.0435. The molecule has 6 rings (SSSR count). The predicted molar refractivity (Wildman–Crippen MR) is 100 cm³/mol. The van der Waals surface area contributed by atoms with Crippen molar-refractivity contribution in [3.63, 3.8) is 0 Å². The third-order valence-corrected chi connectivity index (χ3v) is 5.95. The standard InChI is InChI=1S/C23H13O.Al/c1-4-10-19-15(7-1)16-8-2-5-11-20(16)23(19)21-12-6-3-9-17(21)18-13-14-24-22(18)23;/h1-13H;. The van der Waals surface area contributed by atoms with Crippen LogP contribution in [0.5, 0.6) is 0 Å². The molecule has 4 aromatic rings. The number of hydrogen-bond acceptors (Lipinski definition) is 1. The SMILES string of the molecule is [Al][c]1cc2c(o1)C1(c3ccccc3-c3ccccc31)c1ccccc1-2. The topological polar surface area (TPSA) is 13.1 Å². The Morgan fingerprint density at radius 3 is 1.56 bits per heavy atom. The van der Waals surface area contributed by atoms with E-state index in [-0.39, 0.29) is 5.41 Å². The molecule has 0 unspecified atom stereocenters. The Labute approximate surface area is 154 Å². The summed E-state index contributed by atoms with van der Waals surface area (Å²) >= 11 is 2.71. The minimum atomic E-state index is -0.339. The van der Waals surface area contributed by atoms with Gasteiger partial charge in [0.15, 0.2) is 0 Å². The average molecular weight is 332 g/mol. The van der Waals surface area contributed by atoms with Gasteiger partial charge < -0.3 is 4.42 Å². The molecule has 1 aromatic heterocycles. The zero-order chi connectivity index (χ0) is 16.6. The van der Waals surface area contributed by atoms with Gasteiger partial charge >= 0.3 is 0 Å². The highest BCUT2D eigenvalue weighted by Gasteiger charge is 2.53. The van der Waals surface area contributed by atoms with Crippen LogP contribution in [0.2, 0.25) is 0 Å². The normalized spacial score (nSPS) is 14.9. The molecule has 0 amide bonds. The average Bonchev–Trinajstić information content (AvgIpc) is 3.26. The molecule has 2 aliphatic rings. The summed E-state index contributed by atoms with van der Waals surface area (Å²) < 4.78 is 7.21. The number of benzene rings is 3. The molecule has 0 atom stereocenters. The smallest absolute Gasteiger partial charge is 0.241 e. The quantitative estimate of drug-likeness (QED) is 0.375. The van der Waals surface area contributed by atoms with Gasteiger partial charge in [0, 0.05) is 5.56 Å². The van der Waals surface area contributed by atoms with Crippen LogP contribution in [0.4, 0.5) is 0 Å². The fourth-order valence-electron chi connectivity index (χ4n) is 4.83. The number of rotatable bonds is 0. The van der Waals surface area contributed by atoms with E-state index in [1.807, 2.05) is 0 Å². The minimum absolute atomic E-state index is 0.339.